The summed E-state index contributed by atoms with van der Waals surface area (Å²) in [6.45, 7) is 2.68. The minimum atomic E-state index is 0.654. The van der Waals surface area contributed by atoms with Gasteiger partial charge in [0.2, 0.25) is 5.95 Å². The Balaban J connectivity index is 1.66. The van der Waals surface area contributed by atoms with Crippen LogP contribution in [-0.4, -0.2) is 32.8 Å². The number of hydrogen-bond donors (Lipinski definition) is 1. The molecule has 7 heteroatoms. The highest BCUT2D eigenvalue weighted by molar-refractivity contribution is 6.30. The molecule has 1 aromatic carbocycles. The minimum Gasteiger partial charge on any atom is -0.365 e. The Kier molecular flexibility index (Phi) is 4.44. The third kappa shape index (κ3) is 3.39. The number of aromatic nitrogens is 4. The summed E-state index contributed by atoms with van der Waals surface area (Å²) in [5, 5.41) is 9.45. The van der Waals surface area contributed by atoms with Gasteiger partial charge in [0.05, 0.1) is 11.6 Å². The van der Waals surface area contributed by atoms with E-state index in [1.54, 1.807) is 4.68 Å². The van der Waals surface area contributed by atoms with E-state index in [2.05, 4.69) is 15.3 Å². The first-order chi connectivity index (χ1) is 12.2. The molecule has 1 N–H and O–H groups in total. The SMILES string of the molecule is Cn1ncc2c(NCc3cccc(Cl)c3)nc(N3CCCCC3)nc21. The first kappa shape index (κ1) is 16.1. The molecule has 4 rings (SSSR count). The van der Waals surface area contributed by atoms with Crippen molar-refractivity contribution in [2.45, 2.75) is 25.8 Å². The Morgan fingerprint density at radius 2 is 2.00 bits per heavy atom. The molecular formula is C18H21ClN6. The number of halogens is 1. The van der Waals surface area contributed by atoms with Gasteiger partial charge in [-0.3, -0.25) is 4.68 Å². The van der Waals surface area contributed by atoms with Crippen molar-refractivity contribution in [3.8, 4) is 0 Å². The van der Waals surface area contributed by atoms with Crippen molar-refractivity contribution in [1.29, 1.82) is 0 Å². The Morgan fingerprint density at radius 3 is 2.80 bits per heavy atom. The number of aryl methyl sites for hydroxylation is 1. The van der Waals surface area contributed by atoms with Gasteiger partial charge in [-0.2, -0.15) is 15.1 Å². The number of nitrogens with one attached hydrogen (secondary N) is 1. The number of benzene rings is 1. The predicted octanol–water partition coefficient (Wildman–Crippen LogP) is 3.62. The summed E-state index contributed by atoms with van der Waals surface area (Å²) in [4.78, 5) is 11.8. The molecule has 0 amide bonds. The van der Waals surface area contributed by atoms with Crippen LogP contribution in [0.2, 0.25) is 5.02 Å². The first-order valence-corrected chi connectivity index (χ1v) is 9.01. The number of anilines is 2. The number of fused-ring (bicyclic) bond motifs is 1. The van der Waals surface area contributed by atoms with Crippen LogP contribution in [0.4, 0.5) is 11.8 Å². The topological polar surface area (TPSA) is 58.9 Å². The molecule has 1 aliphatic heterocycles. The van der Waals surface area contributed by atoms with Gasteiger partial charge in [0.25, 0.3) is 0 Å². The third-order valence-electron chi connectivity index (χ3n) is 4.57. The van der Waals surface area contributed by atoms with Crippen LogP contribution in [0.15, 0.2) is 30.5 Å². The molecule has 0 spiro atoms. The molecule has 130 valence electrons. The molecule has 0 unspecified atom stereocenters. The molecule has 0 radical (unpaired) electrons. The Bertz CT molecular complexity index is 884. The number of nitrogens with zero attached hydrogens (tertiary/aromatic N) is 5. The Labute approximate surface area is 151 Å². The fourth-order valence-corrected chi connectivity index (χ4v) is 3.43. The van der Waals surface area contributed by atoms with Crippen molar-refractivity contribution >= 4 is 34.4 Å². The molecule has 0 atom stereocenters. The zero-order valence-corrected chi connectivity index (χ0v) is 15.0. The van der Waals surface area contributed by atoms with Gasteiger partial charge in [-0.05, 0) is 37.0 Å². The van der Waals surface area contributed by atoms with Crippen LogP contribution in [0, 0.1) is 0 Å². The molecule has 3 aromatic rings. The Morgan fingerprint density at radius 1 is 1.16 bits per heavy atom. The van der Waals surface area contributed by atoms with E-state index in [9.17, 15) is 0 Å². The summed E-state index contributed by atoms with van der Waals surface area (Å²) in [7, 11) is 1.91. The zero-order chi connectivity index (χ0) is 17.2. The van der Waals surface area contributed by atoms with Gasteiger partial charge in [0.1, 0.15) is 5.82 Å². The van der Waals surface area contributed by atoms with Crippen LogP contribution in [0.1, 0.15) is 24.8 Å². The maximum atomic E-state index is 6.08. The number of rotatable bonds is 4. The largest absolute Gasteiger partial charge is 0.365 e. The monoisotopic (exact) mass is 356 g/mol. The highest BCUT2D eigenvalue weighted by Gasteiger charge is 2.18. The van der Waals surface area contributed by atoms with Crippen LogP contribution in [0.5, 0.6) is 0 Å². The lowest BCUT2D eigenvalue weighted by Gasteiger charge is -2.27. The quantitative estimate of drug-likeness (QED) is 0.773. The predicted molar refractivity (Wildman–Crippen MR) is 101 cm³/mol. The molecular weight excluding hydrogens is 336 g/mol. The van der Waals surface area contributed by atoms with E-state index in [4.69, 9.17) is 21.6 Å². The average Bonchev–Trinajstić information content (AvgIpc) is 3.02. The first-order valence-electron chi connectivity index (χ1n) is 8.64. The summed E-state index contributed by atoms with van der Waals surface area (Å²) in [5.74, 6) is 1.60. The maximum absolute atomic E-state index is 6.08. The second-order valence-corrected chi connectivity index (χ2v) is 6.85. The van der Waals surface area contributed by atoms with Gasteiger partial charge in [-0.1, -0.05) is 23.7 Å². The van der Waals surface area contributed by atoms with Crippen molar-refractivity contribution in [2.75, 3.05) is 23.3 Å². The second kappa shape index (κ2) is 6.88. The fraction of sp³-hybridized carbons (Fsp3) is 0.389. The molecule has 25 heavy (non-hydrogen) atoms. The molecule has 1 saturated heterocycles. The van der Waals surface area contributed by atoms with E-state index in [1.807, 2.05) is 37.5 Å². The highest BCUT2D eigenvalue weighted by Crippen LogP contribution is 2.25. The van der Waals surface area contributed by atoms with Crippen LogP contribution in [-0.2, 0) is 13.6 Å². The van der Waals surface area contributed by atoms with Crippen LogP contribution >= 0.6 is 11.6 Å². The summed E-state index contributed by atoms with van der Waals surface area (Å²) < 4.78 is 1.80. The highest BCUT2D eigenvalue weighted by atomic mass is 35.5. The van der Waals surface area contributed by atoms with Crippen LogP contribution < -0.4 is 10.2 Å². The van der Waals surface area contributed by atoms with E-state index in [1.165, 1.54) is 19.3 Å². The molecule has 2 aromatic heterocycles. The average molecular weight is 357 g/mol. The Hall–Kier alpha value is -2.34. The maximum Gasteiger partial charge on any atom is 0.229 e. The number of piperidine rings is 1. The summed E-state index contributed by atoms with van der Waals surface area (Å²) in [5.41, 5.74) is 1.96. The molecule has 0 saturated carbocycles. The molecule has 1 fully saturated rings. The van der Waals surface area contributed by atoms with Crippen molar-refractivity contribution < 1.29 is 0 Å². The minimum absolute atomic E-state index is 0.654. The van der Waals surface area contributed by atoms with Crippen molar-refractivity contribution in [3.05, 3.63) is 41.0 Å². The lowest BCUT2D eigenvalue weighted by atomic mass is 10.1. The van der Waals surface area contributed by atoms with Gasteiger partial charge in [-0.15, -0.1) is 0 Å². The smallest absolute Gasteiger partial charge is 0.229 e. The fourth-order valence-electron chi connectivity index (χ4n) is 3.21. The third-order valence-corrected chi connectivity index (χ3v) is 4.80. The van der Waals surface area contributed by atoms with Gasteiger partial charge < -0.3 is 10.2 Å². The van der Waals surface area contributed by atoms with Gasteiger partial charge in [-0.25, -0.2) is 0 Å². The summed E-state index contributed by atoms with van der Waals surface area (Å²) in [6.07, 6.45) is 5.48. The molecule has 6 nitrogen and oxygen atoms in total. The van der Waals surface area contributed by atoms with E-state index in [-0.39, 0.29) is 0 Å². The van der Waals surface area contributed by atoms with Gasteiger partial charge >= 0.3 is 0 Å². The molecule has 0 aliphatic carbocycles. The van der Waals surface area contributed by atoms with Crippen LogP contribution in [0.3, 0.4) is 0 Å². The van der Waals surface area contributed by atoms with E-state index >= 15 is 0 Å². The lowest BCUT2D eigenvalue weighted by Crippen LogP contribution is -2.31. The molecule has 1 aliphatic rings. The second-order valence-electron chi connectivity index (χ2n) is 6.41. The van der Waals surface area contributed by atoms with E-state index in [0.717, 1.165) is 46.5 Å². The van der Waals surface area contributed by atoms with Crippen LogP contribution in [0.25, 0.3) is 11.0 Å². The molecule has 0 bridgehead atoms. The van der Waals surface area contributed by atoms with Crippen molar-refractivity contribution in [1.82, 2.24) is 19.7 Å². The van der Waals surface area contributed by atoms with Crippen molar-refractivity contribution in [3.63, 3.8) is 0 Å². The normalized spacial score (nSPS) is 14.9. The lowest BCUT2D eigenvalue weighted by molar-refractivity contribution is 0.568. The van der Waals surface area contributed by atoms with E-state index < -0.39 is 0 Å². The summed E-state index contributed by atoms with van der Waals surface area (Å²) >= 11 is 6.08. The number of hydrogen-bond acceptors (Lipinski definition) is 5. The van der Waals surface area contributed by atoms with Gasteiger partial charge in [0.15, 0.2) is 5.65 Å². The van der Waals surface area contributed by atoms with Gasteiger partial charge in [0, 0.05) is 31.7 Å². The standard InChI is InChI=1S/C18H21ClN6/c1-24-17-15(12-21-24)16(20-11-13-6-5-7-14(19)10-13)22-18(23-17)25-8-3-2-4-9-25/h5-7,10,12H,2-4,8-9,11H2,1H3,(H,20,22,23). The zero-order valence-electron chi connectivity index (χ0n) is 14.2. The summed E-state index contributed by atoms with van der Waals surface area (Å²) in [6, 6.07) is 7.84. The van der Waals surface area contributed by atoms with E-state index in [0.29, 0.717) is 6.54 Å². The molecule has 3 heterocycles. The van der Waals surface area contributed by atoms with Crippen molar-refractivity contribution in [2.24, 2.45) is 7.05 Å².